The Balaban J connectivity index is 2.13. The van der Waals surface area contributed by atoms with Gasteiger partial charge in [0.1, 0.15) is 12.4 Å². The molecule has 0 N–H and O–H groups in total. The lowest BCUT2D eigenvalue weighted by Crippen LogP contribution is -2.11. The van der Waals surface area contributed by atoms with Gasteiger partial charge in [-0.15, -0.1) is 0 Å². The molecule has 0 saturated heterocycles. The van der Waals surface area contributed by atoms with Gasteiger partial charge in [-0.05, 0) is 37.6 Å². The van der Waals surface area contributed by atoms with Crippen LogP contribution < -0.4 is 4.74 Å². The maximum absolute atomic E-state index is 11.9. The van der Waals surface area contributed by atoms with Crippen LogP contribution in [-0.2, 0) is 14.2 Å². The average molecular weight is 296 g/mol. The fourth-order valence-corrected chi connectivity index (χ4v) is 1.66. The van der Waals surface area contributed by atoms with Crippen molar-refractivity contribution in [1.29, 1.82) is 0 Å². The van der Waals surface area contributed by atoms with Gasteiger partial charge in [0.05, 0.1) is 19.8 Å². The second-order valence-electron chi connectivity index (χ2n) is 4.39. The number of hydrogen-bond acceptors (Lipinski definition) is 5. The second kappa shape index (κ2) is 11.3. The van der Waals surface area contributed by atoms with Crippen LogP contribution >= 0.6 is 0 Å². The van der Waals surface area contributed by atoms with E-state index in [1.54, 1.807) is 31.4 Å². The molecule has 0 aliphatic heterocycles. The Morgan fingerprint density at radius 3 is 2.38 bits per heavy atom. The number of ether oxygens (including phenoxy) is 4. The number of ketones is 1. The van der Waals surface area contributed by atoms with Crippen LogP contribution in [0.5, 0.6) is 5.75 Å². The van der Waals surface area contributed by atoms with Crippen LogP contribution in [0, 0.1) is 0 Å². The van der Waals surface area contributed by atoms with Crippen LogP contribution in [0.1, 0.15) is 23.7 Å². The fraction of sp³-hybridized carbons (Fsp3) is 0.562. The minimum absolute atomic E-state index is 0.0293. The molecule has 0 spiro atoms. The highest BCUT2D eigenvalue weighted by Crippen LogP contribution is 2.12. The zero-order chi connectivity index (χ0) is 15.3. The summed E-state index contributed by atoms with van der Waals surface area (Å²) in [5.74, 6) is 0.738. The van der Waals surface area contributed by atoms with Crippen molar-refractivity contribution in [2.24, 2.45) is 0 Å². The van der Waals surface area contributed by atoms with Crippen molar-refractivity contribution in [2.45, 2.75) is 13.3 Å². The molecular weight excluding hydrogens is 272 g/mol. The lowest BCUT2D eigenvalue weighted by atomic mass is 10.1. The molecule has 0 heterocycles. The van der Waals surface area contributed by atoms with Crippen LogP contribution in [-0.4, -0.2) is 52.5 Å². The van der Waals surface area contributed by atoms with E-state index < -0.39 is 0 Å². The Bertz CT molecular complexity index is 388. The normalized spacial score (nSPS) is 10.6. The van der Waals surface area contributed by atoms with Crippen LogP contribution in [0.3, 0.4) is 0 Å². The summed E-state index contributed by atoms with van der Waals surface area (Å²) < 4.78 is 20.8. The van der Waals surface area contributed by atoms with Gasteiger partial charge in [-0.25, -0.2) is 0 Å². The molecule has 5 heteroatoms. The first-order valence-electron chi connectivity index (χ1n) is 7.18. The maximum Gasteiger partial charge on any atom is 0.188 e. The Morgan fingerprint density at radius 2 is 1.71 bits per heavy atom. The highest BCUT2D eigenvalue weighted by atomic mass is 16.5. The van der Waals surface area contributed by atoms with Gasteiger partial charge in [0, 0.05) is 25.9 Å². The molecule has 0 radical (unpaired) electrons. The highest BCUT2D eigenvalue weighted by molar-refractivity contribution is 5.97. The van der Waals surface area contributed by atoms with Crippen molar-refractivity contribution in [3.63, 3.8) is 0 Å². The number of methoxy groups -OCH3 is 1. The zero-order valence-corrected chi connectivity index (χ0v) is 12.8. The van der Waals surface area contributed by atoms with E-state index in [0.717, 1.165) is 12.2 Å². The topological polar surface area (TPSA) is 54.0 Å². The second-order valence-corrected chi connectivity index (χ2v) is 4.39. The fourth-order valence-electron chi connectivity index (χ4n) is 1.66. The van der Waals surface area contributed by atoms with Gasteiger partial charge in [0.15, 0.2) is 5.78 Å². The predicted molar refractivity (Wildman–Crippen MR) is 80.1 cm³/mol. The van der Waals surface area contributed by atoms with E-state index in [-0.39, 0.29) is 12.4 Å². The molecule has 21 heavy (non-hydrogen) atoms. The first kappa shape index (κ1) is 17.6. The Morgan fingerprint density at radius 1 is 1.00 bits per heavy atom. The van der Waals surface area contributed by atoms with Gasteiger partial charge in [-0.1, -0.05) is 0 Å². The molecule has 0 fully saturated rings. The summed E-state index contributed by atoms with van der Waals surface area (Å²) in [7, 11) is 1.64. The summed E-state index contributed by atoms with van der Waals surface area (Å²) in [6.07, 6.45) is 0.764. The van der Waals surface area contributed by atoms with Crippen molar-refractivity contribution < 1.29 is 23.7 Å². The molecule has 1 aromatic rings. The van der Waals surface area contributed by atoms with Crippen LogP contribution in [0.25, 0.3) is 0 Å². The smallest absolute Gasteiger partial charge is 0.188 e. The van der Waals surface area contributed by atoms with E-state index >= 15 is 0 Å². The van der Waals surface area contributed by atoms with E-state index in [9.17, 15) is 4.79 Å². The SMILES string of the molecule is CCOc1ccc(C(=O)COCCCOCCOC)cc1. The largest absolute Gasteiger partial charge is 0.494 e. The molecule has 0 atom stereocenters. The molecule has 118 valence electrons. The minimum Gasteiger partial charge on any atom is -0.494 e. The molecule has 1 aromatic carbocycles. The van der Waals surface area contributed by atoms with Gasteiger partial charge in [-0.2, -0.15) is 0 Å². The number of hydrogen-bond donors (Lipinski definition) is 0. The highest BCUT2D eigenvalue weighted by Gasteiger charge is 2.06. The molecule has 0 bridgehead atoms. The summed E-state index contributed by atoms with van der Waals surface area (Å²) in [6, 6.07) is 7.09. The van der Waals surface area contributed by atoms with Crippen molar-refractivity contribution in [1.82, 2.24) is 0 Å². The lowest BCUT2D eigenvalue weighted by Gasteiger charge is -2.06. The Labute approximate surface area is 126 Å². The summed E-state index contributed by atoms with van der Waals surface area (Å²) in [6.45, 7) is 4.93. The van der Waals surface area contributed by atoms with Crippen molar-refractivity contribution in [3.05, 3.63) is 29.8 Å². The van der Waals surface area contributed by atoms with Gasteiger partial charge in [0.25, 0.3) is 0 Å². The molecule has 5 nitrogen and oxygen atoms in total. The first-order valence-corrected chi connectivity index (χ1v) is 7.18. The van der Waals surface area contributed by atoms with E-state index in [1.165, 1.54) is 0 Å². The molecule has 0 unspecified atom stereocenters. The Kier molecular flexibility index (Phi) is 9.44. The number of benzene rings is 1. The van der Waals surface area contributed by atoms with E-state index in [4.69, 9.17) is 18.9 Å². The van der Waals surface area contributed by atoms with Gasteiger partial charge in [0.2, 0.25) is 0 Å². The molecule has 0 saturated carbocycles. The van der Waals surface area contributed by atoms with Gasteiger partial charge < -0.3 is 18.9 Å². The van der Waals surface area contributed by atoms with E-state index in [0.29, 0.717) is 38.6 Å². The third-order valence-corrected chi connectivity index (χ3v) is 2.73. The summed E-state index contributed by atoms with van der Waals surface area (Å²) in [5, 5.41) is 0. The van der Waals surface area contributed by atoms with E-state index in [1.807, 2.05) is 6.92 Å². The molecule has 0 aromatic heterocycles. The number of carbonyl (C=O) groups is 1. The van der Waals surface area contributed by atoms with Gasteiger partial charge >= 0.3 is 0 Å². The monoisotopic (exact) mass is 296 g/mol. The number of carbonyl (C=O) groups excluding carboxylic acids is 1. The molecule has 1 rings (SSSR count). The predicted octanol–water partition coefficient (Wildman–Crippen LogP) is 2.34. The number of Topliss-reactive ketones (excluding diaryl/α,β-unsaturated/α-hetero) is 1. The zero-order valence-electron chi connectivity index (χ0n) is 12.8. The molecule has 0 aliphatic rings. The summed E-state index contributed by atoms with van der Waals surface area (Å²) in [4.78, 5) is 11.9. The maximum atomic E-state index is 11.9. The van der Waals surface area contributed by atoms with E-state index in [2.05, 4.69) is 0 Å². The van der Waals surface area contributed by atoms with Crippen molar-refractivity contribution in [2.75, 3.05) is 46.8 Å². The van der Waals surface area contributed by atoms with Crippen molar-refractivity contribution >= 4 is 5.78 Å². The van der Waals surface area contributed by atoms with Crippen LogP contribution in [0.2, 0.25) is 0 Å². The van der Waals surface area contributed by atoms with Crippen molar-refractivity contribution in [3.8, 4) is 5.75 Å². The van der Waals surface area contributed by atoms with Crippen LogP contribution in [0.4, 0.5) is 0 Å². The molecular formula is C16H24O5. The first-order chi connectivity index (χ1) is 10.3. The third kappa shape index (κ3) is 7.80. The van der Waals surface area contributed by atoms with Gasteiger partial charge in [-0.3, -0.25) is 4.79 Å². The summed E-state index contributed by atoms with van der Waals surface area (Å²) >= 11 is 0. The average Bonchev–Trinajstić information content (AvgIpc) is 2.51. The molecule has 0 amide bonds. The lowest BCUT2D eigenvalue weighted by molar-refractivity contribution is 0.0488. The standard InChI is InChI=1S/C16H24O5/c1-3-21-15-7-5-14(6-8-15)16(17)13-20-10-4-9-19-12-11-18-2/h5-8H,3-4,9-13H2,1-2H3. The number of rotatable bonds is 12. The minimum atomic E-state index is -0.0293. The Hall–Kier alpha value is -1.43. The van der Waals surface area contributed by atoms with Crippen LogP contribution in [0.15, 0.2) is 24.3 Å². The molecule has 0 aliphatic carbocycles. The quantitative estimate of drug-likeness (QED) is 0.438. The summed E-state index contributed by atoms with van der Waals surface area (Å²) in [5.41, 5.74) is 0.634. The third-order valence-electron chi connectivity index (χ3n) is 2.73.